The van der Waals surface area contributed by atoms with Crippen molar-refractivity contribution in [3.63, 3.8) is 0 Å². The third-order valence-corrected chi connectivity index (χ3v) is 2.46. The Labute approximate surface area is 69.2 Å². The molecular formula is C9H18NO. The first-order valence-corrected chi connectivity index (χ1v) is 4.42. The molecular weight excluding hydrogens is 138 g/mol. The van der Waals surface area contributed by atoms with Crippen LogP contribution in [0.4, 0.5) is 0 Å². The molecule has 1 aliphatic heterocycles. The summed E-state index contributed by atoms with van der Waals surface area (Å²) in [5, 5.41) is 8.86. The number of likely N-dealkylation sites (tertiary alicyclic amines) is 1. The fourth-order valence-electron chi connectivity index (χ4n) is 1.51. The number of rotatable bonds is 2. The molecule has 0 unspecified atom stereocenters. The highest BCUT2D eigenvalue weighted by Crippen LogP contribution is 2.19. The van der Waals surface area contributed by atoms with Crippen LogP contribution in [0.1, 0.15) is 26.7 Å². The van der Waals surface area contributed by atoms with Crippen LogP contribution < -0.4 is 0 Å². The molecule has 0 aromatic heterocycles. The zero-order chi connectivity index (χ0) is 8.27. The van der Waals surface area contributed by atoms with E-state index in [4.69, 9.17) is 5.11 Å². The Morgan fingerprint density at radius 2 is 1.91 bits per heavy atom. The van der Waals surface area contributed by atoms with E-state index in [9.17, 15) is 0 Å². The minimum absolute atomic E-state index is 0.298. The van der Waals surface area contributed by atoms with E-state index in [1.807, 2.05) is 0 Å². The van der Waals surface area contributed by atoms with Crippen LogP contribution in [0.25, 0.3) is 0 Å². The Bertz CT molecular complexity index is 106. The fraction of sp³-hybridized carbons (Fsp3) is 0.889. The predicted octanol–water partition coefficient (Wildman–Crippen LogP) is 1.06. The molecule has 0 atom stereocenters. The van der Waals surface area contributed by atoms with E-state index >= 15 is 0 Å². The summed E-state index contributed by atoms with van der Waals surface area (Å²) in [6.45, 7) is 7.01. The Hall–Kier alpha value is -0.0800. The van der Waals surface area contributed by atoms with Crippen molar-refractivity contribution < 1.29 is 5.11 Å². The van der Waals surface area contributed by atoms with Gasteiger partial charge in [-0.1, -0.05) is 0 Å². The lowest BCUT2D eigenvalue weighted by molar-refractivity contribution is 0.174. The van der Waals surface area contributed by atoms with Gasteiger partial charge >= 0.3 is 0 Å². The molecule has 2 nitrogen and oxygen atoms in total. The molecule has 0 aliphatic carbocycles. The van der Waals surface area contributed by atoms with Gasteiger partial charge in [0.05, 0.1) is 0 Å². The Balaban J connectivity index is 2.24. The number of aliphatic hydroxyl groups excluding tert-OH is 1. The fourth-order valence-corrected chi connectivity index (χ4v) is 1.51. The molecule has 1 saturated heterocycles. The van der Waals surface area contributed by atoms with Crippen LogP contribution in [-0.2, 0) is 0 Å². The molecule has 2 heteroatoms. The van der Waals surface area contributed by atoms with Crippen molar-refractivity contribution in [2.75, 3.05) is 19.7 Å². The summed E-state index contributed by atoms with van der Waals surface area (Å²) in [6, 6.07) is 0.662. The molecule has 0 bridgehead atoms. The topological polar surface area (TPSA) is 23.5 Å². The maximum absolute atomic E-state index is 8.86. The summed E-state index contributed by atoms with van der Waals surface area (Å²) in [5.41, 5.74) is 0. The van der Waals surface area contributed by atoms with E-state index in [1.54, 1.807) is 0 Å². The van der Waals surface area contributed by atoms with Gasteiger partial charge in [0, 0.05) is 18.6 Å². The Morgan fingerprint density at radius 3 is 2.27 bits per heavy atom. The summed E-state index contributed by atoms with van der Waals surface area (Å²) in [7, 11) is 0. The normalized spacial score (nSPS) is 22.9. The molecule has 11 heavy (non-hydrogen) atoms. The number of nitrogens with zero attached hydrogens (tertiary/aromatic N) is 1. The molecule has 0 spiro atoms. The van der Waals surface area contributed by atoms with Crippen LogP contribution >= 0.6 is 0 Å². The molecule has 1 rings (SSSR count). The smallest absolute Gasteiger partial charge is 0.0494 e. The molecule has 65 valence electrons. The summed E-state index contributed by atoms with van der Waals surface area (Å²) < 4.78 is 0. The lowest BCUT2D eigenvalue weighted by Gasteiger charge is -2.33. The second kappa shape index (κ2) is 4.07. The largest absolute Gasteiger partial charge is 0.396 e. The minimum atomic E-state index is 0.298. The molecule has 0 saturated carbocycles. The van der Waals surface area contributed by atoms with Crippen LogP contribution in [0.2, 0.25) is 0 Å². The van der Waals surface area contributed by atoms with Gasteiger partial charge in [0.2, 0.25) is 0 Å². The average Bonchev–Trinajstić information content (AvgIpc) is 2.05. The van der Waals surface area contributed by atoms with Crippen molar-refractivity contribution in [1.82, 2.24) is 4.90 Å². The second-order valence-corrected chi connectivity index (χ2v) is 3.54. The van der Waals surface area contributed by atoms with Crippen molar-refractivity contribution in [2.45, 2.75) is 32.7 Å². The number of hydrogen-bond donors (Lipinski definition) is 1. The van der Waals surface area contributed by atoms with Crippen molar-refractivity contribution >= 4 is 0 Å². The van der Waals surface area contributed by atoms with Gasteiger partial charge in [-0.2, -0.15) is 0 Å². The first kappa shape index (κ1) is 9.01. The average molecular weight is 156 g/mol. The lowest BCUT2D eigenvalue weighted by atomic mass is 9.97. The predicted molar refractivity (Wildman–Crippen MR) is 46.3 cm³/mol. The van der Waals surface area contributed by atoms with Crippen LogP contribution in [0.15, 0.2) is 0 Å². The molecule has 0 aromatic carbocycles. The highest BCUT2D eigenvalue weighted by Gasteiger charge is 2.19. The lowest BCUT2D eigenvalue weighted by Crippen LogP contribution is -2.38. The highest BCUT2D eigenvalue weighted by molar-refractivity contribution is 4.94. The molecule has 0 aromatic rings. The van der Waals surface area contributed by atoms with Crippen LogP contribution in [0.3, 0.4) is 0 Å². The van der Waals surface area contributed by atoms with E-state index in [1.165, 1.54) is 5.92 Å². The van der Waals surface area contributed by atoms with Gasteiger partial charge in [0.25, 0.3) is 0 Å². The van der Waals surface area contributed by atoms with E-state index in [0.717, 1.165) is 25.9 Å². The molecule has 1 aliphatic rings. The molecule has 1 fully saturated rings. The summed E-state index contributed by atoms with van der Waals surface area (Å²) >= 11 is 0. The van der Waals surface area contributed by atoms with Crippen molar-refractivity contribution in [1.29, 1.82) is 0 Å². The standard InChI is InChI=1S/C9H18NO/c1-8(2)10-5-3-9(7-11)4-6-10/h8,11H,3-7H2,1-2H3. The zero-order valence-corrected chi connectivity index (χ0v) is 7.51. The first-order chi connectivity index (χ1) is 5.24. The monoisotopic (exact) mass is 156 g/mol. The maximum atomic E-state index is 8.86. The Morgan fingerprint density at radius 1 is 1.36 bits per heavy atom. The zero-order valence-electron chi connectivity index (χ0n) is 7.51. The van der Waals surface area contributed by atoms with E-state index in [2.05, 4.69) is 18.7 Å². The van der Waals surface area contributed by atoms with Crippen molar-refractivity contribution in [3.8, 4) is 0 Å². The molecule has 1 N–H and O–H groups in total. The molecule has 1 radical (unpaired) electrons. The van der Waals surface area contributed by atoms with Gasteiger partial charge in [-0.15, -0.1) is 0 Å². The summed E-state index contributed by atoms with van der Waals surface area (Å²) in [6.07, 6.45) is 2.18. The third-order valence-electron chi connectivity index (χ3n) is 2.46. The quantitative estimate of drug-likeness (QED) is 0.646. The van der Waals surface area contributed by atoms with Crippen LogP contribution in [-0.4, -0.2) is 35.7 Å². The first-order valence-electron chi connectivity index (χ1n) is 4.42. The molecule has 1 heterocycles. The summed E-state index contributed by atoms with van der Waals surface area (Å²) in [4.78, 5) is 2.46. The van der Waals surface area contributed by atoms with E-state index in [-0.39, 0.29) is 0 Å². The van der Waals surface area contributed by atoms with Crippen molar-refractivity contribution in [2.24, 2.45) is 0 Å². The second-order valence-electron chi connectivity index (χ2n) is 3.54. The number of aliphatic hydroxyl groups is 1. The van der Waals surface area contributed by atoms with Gasteiger partial charge in [0.1, 0.15) is 0 Å². The van der Waals surface area contributed by atoms with Gasteiger partial charge in [-0.25, -0.2) is 0 Å². The van der Waals surface area contributed by atoms with E-state index < -0.39 is 0 Å². The maximum Gasteiger partial charge on any atom is 0.0494 e. The van der Waals surface area contributed by atoms with Crippen LogP contribution in [0, 0.1) is 5.92 Å². The summed E-state index contributed by atoms with van der Waals surface area (Å²) in [5.74, 6) is 1.32. The number of hydrogen-bond acceptors (Lipinski definition) is 2. The van der Waals surface area contributed by atoms with Gasteiger partial charge in [0.15, 0.2) is 0 Å². The third kappa shape index (κ3) is 2.46. The SMILES string of the molecule is CC(C)N1CC[C](CO)CC1. The highest BCUT2D eigenvalue weighted by atomic mass is 16.3. The molecule has 0 amide bonds. The van der Waals surface area contributed by atoms with Gasteiger partial charge < -0.3 is 10.0 Å². The van der Waals surface area contributed by atoms with Crippen LogP contribution in [0.5, 0.6) is 0 Å². The number of piperidine rings is 1. The van der Waals surface area contributed by atoms with Crippen molar-refractivity contribution in [3.05, 3.63) is 5.92 Å². The van der Waals surface area contributed by atoms with Gasteiger partial charge in [-0.05, 0) is 39.8 Å². The van der Waals surface area contributed by atoms with E-state index in [0.29, 0.717) is 12.6 Å². The minimum Gasteiger partial charge on any atom is -0.396 e. The van der Waals surface area contributed by atoms with Gasteiger partial charge in [-0.3, -0.25) is 0 Å². The Kier molecular flexibility index (Phi) is 3.34.